The Morgan fingerprint density at radius 1 is 1.21 bits per heavy atom. The van der Waals surface area contributed by atoms with E-state index in [1.165, 1.54) is 6.07 Å². The number of aromatic hydroxyl groups is 1. The quantitative estimate of drug-likeness (QED) is 0.450. The Balaban J connectivity index is 1.97. The summed E-state index contributed by atoms with van der Waals surface area (Å²) in [6.07, 6.45) is 0.961. The van der Waals surface area contributed by atoms with Crippen LogP contribution in [0.1, 0.15) is 27.0 Å². The summed E-state index contributed by atoms with van der Waals surface area (Å²) in [5.74, 6) is -1.19. The van der Waals surface area contributed by atoms with Crippen LogP contribution < -0.4 is 16.7 Å². The van der Waals surface area contributed by atoms with Gasteiger partial charge < -0.3 is 5.11 Å². The Hall–Kier alpha value is -3.65. The minimum atomic E-state index is -0.843. The highest BCUT2D eigenvalue weighted by atomic mass is 35.5. The van der Waals surface area contributed by atoms with Gasteiger partial charge in [0.1, 0.15) is 5.56 Å². The van der Waals surface area contributed by atoms with Gasteiger partial charge in [0.15, 0.2) is 0 Å². The Bertz CT molecular complexity index is 1240. The van der Waals surface area contributed by atoms with E-state index < -0.39 is 23.0 Å². The standard InChI is InChI=1S/C20H17ClN4O4/c1-11-7-8-16(12(2)9-11)25-19(28)14(17(26)23-20(25)29)10-22-24-18(27)13-5-3-4-6-15(13)21/h3-10,28H,1-2H3,(H,24,27)(H,23,26,29). The second kappa shape index (κ2) is 8.15. The van der Waals surface area contributed by atoms with Crippen LogP contribution in [0.4, 0.5) is 0 Å². The second-order valence-corrected chi connectivity index (χ2v) is 6.71. The van der Waals surface area contributed by atoms with Gasteiger partial charge in [0.05, 0.1) is 22.5 Å². The highest BCUT2D eigenvalue weighted by molar-refractivity contribution is 6.33. The maximum Gasteiger partial charge on any atom is 0.335 e. The summed E-state index contributed by atoms with van der Waals surface area (Å²) in [5.41, 5.74) is 2.61. The molecule has 1 aromatic heterocycles. The first kappa shape index (κ1) is 20.1. The van der Waals surface area contributed by atoms with Crippen LogP contribution in [-0.4, -0.2) is 26.8 Å². The molecule has 0 aliphatic carbocycles. The van der Waals surface area contributed by atoms with Crippen LogP contribution in [0.25, 0.3) is 5.69 Å². The zero-order chi connectivity index (χ0) is 21.1. The first-order valence-electron chi connectivity index (χ1n) is 8.53. The third-order valence-electron chi connectivity index (χ3n) is 4.19. The Morgan fingerprint density at radius 2 is 1.93 bits per heavy atom. The number of aromatic nitrogens is 2. The summed E-state index contributed by atoms with van der Waals surface area (Å²) in [4.78, 5) is 38.7. The number of aromatic amines is 1. The summed E-state index contributed by atoms with van der Waals surface area (Å²) in [6.45, 7) is 3.67. The maximum absolute atomic E-state index is 12.3. The molecule has 0 unspecified atom stereocenters. The fourth-order valence-corrected chi connectivity index (χ4v) is 3.02. The van der Waals surface area contributed by atoms with Gasteiger partial charge in [-0.3, -0.25) is 14.6 Å². The maximum atomic E-state index is 12.3. The van der Waals surface area contributed by atoms with Gasteiger partial charge in [-0.05, 0) is 37.6 Å². The molecule has 2 aromatic carbocycles. The normalized spacial score (nSPS) is 11.0. The zero-order valence-corrected chi connectivity index (χ0v) is 16.3. The van der Waals surface area contributed by atoms with Crippen LogP contribution in [0.2, 0.25) is 5.02 Å². The Kier molecular flexibility index (Phi) is 5.65. The lowest BCUT2D eigenvalue weighted by Crippen LogP contribution is -2.32. The summed E-state index contributed by atoms with van der Waals surface area (Å²) >= 11 is 5.95. The summed E-state index contributed by atoms with van der Waals surface area (Å²) < 4.78 is 0.966. The van der Waals surface area contributed by atoms with Crippen LogP contribution in [0, 0.1) is 13.8 Å². The monoisotopic (exact) mass is 412 g/mol. The van der Waals surface area contributed by atoms with E-state index in [0.29, 0.717) is 5.69 Å². The minimum Gasteiger partial charge on any atom is -0.493 e. The minimum absolute atomic E-state index is 0.199. The smallest absolute Gasteiger partial charge is 0.335 e. The number of H-pyrrole nitrogens is 1. The van der Waals surface area contributed by atoms with Gasteiger partial charge in [-0.15, -0.1) is 0 Å². The molecule has 0 aliphatic rings. The molecule has 1 heterocycles. The molecule has 0 atom stereocenters. The van der Waals surface area contributed by atoms with Crippen LogP contribution in [-0.2, 0) is 0 Å². The number of hydrogen-bond acceptors (Lipinski definition) is 5. The number of rotatable bonds is 4. The van der Waals surface area contributed by atoms with E-state index in [9.17, 15) is 19.5 Å². The molecular weight excluding hydrogens is 396 g/mol. The van der Waals surface area contributed by atoms with Crippen molar-refractivity contribution in [3.05, 3.63) is 90.6 Å². The van der Waals surface area contributed by atoms with Gasteiger partial charge in [0.25, 0.3) is 11.5 Å². The molecule has 0 aliphatic heterocycles. The topological polar surface area (TPSA) is 117 Å². The van der Waals surface area contributed by atoms with Crippen molar-refractivity contribution in [1.82, 2.24) is 15.0 Å². The number of amides is 1. The summed E-state index contributed by atoms with van der Waals surface area (Å²) in [5, 5.41) is 14.5. The second-order valence-electron chi connectivity index (χ2n) is 6.30. The van der Waals surface area contributed by atoms with E-state index in [1.807, 2.05) is 13.0 Å². The molecule has 8 nitrogen and oxygen atoms in total. The Morgan fingerprint density at radius 3 is 2.62 bits per heavy atom. The first-order chi connectivity index (χ1) is 13.8. The number of carbonyl (C=O) groups is 1. The number of benzene rings is 2. The fraction of sp³-hybridized carbons (Fsp3) is 0.100. The number of halogens is 1. The molecule has 9 heteroatoms. The largest absolute Gasteiger partial charge is 0.493 e. The molecule has 148 valence electrons. The van der Waals surface area contributed by atoms with Gasteiger partial charge in [-0.2, -0.15) is 5.10 Å². The lowest BCUT2D eigenvalue weighted by molar-refractivity contribution is 0.0955. The van der Waals surface area contributed by atoms with Gasteiger partial charge >= 0.3 is 5.69 Å². The lowest BCUT2D eigenvalue weighted by atomic mass is 10.1. The Labute approximate surface area is 170 Å². The van der Waals surface area contributed by atoms with Crippen molar-refractivity contribution in [2.45, 2.75) is 13.8 Å². The number of hydrogen-bond donors (Lipinski definition) is 3. The predicted molar refractivity (Wildman–Crippen MR) is 110 cm³/mol. The lowest BCUT2D eigenvalue weighted by Gasteiger charge is -2.12. The molecule has 0 saturated carbocycles. The van der Waals surface area contributed by atoms with E-state index in [0.717, 1.165) is 21.9 Å². The van der Waals surface area contributed by atoms with Crippen molar-refractivity contribution in [3.8, 4) is 11.6 Å². The average molecular weight is 413 g/mol. The van der Waals surface area contributed by atoms with E-state index >= 15 is 0 Å². The van der Waals surface area contributed by atoms with Crippen molar-refractivity contribution in [3.63, 3.8) is 0 Å². The van der Waals surface area contributed by atoms with Crippen molar-refractivity contribution in [1.29, 1.82) is 0 Å². The molecule has 0 radical (unpaired) electrons. The molecule has 29 heavy (non-hydrogen) atoms. The van der Waals surface area contributed by atoms with Crippen LogP contribution in [0.3, 0.4) is 0 Å². The van der Waals surface area contributed by atoms with Gasteiger partial charge in [0.2, 0.25) is 5.88 Å². The third-order valence-corrected chi connectivity index (χ3v) is 4.52. The van der Waals surface area contributed by atoms with Crippen LogP contribution >= 0.6 is 11.6 Å². The van der Waals surface area contributed by atoms with Gasteiger partial charge in [-0.25, -0.2) is 14.8 Å². The van der Waals surface area contributed by atoms with E-state index in [1.54, 1.807) is 37.3 Å². The van der Waals surface area contributed by atoms with Crippen molar-refractivity contribution in [2.75, 3.05) is 0 Å². The van der Waals surface area contributed by atoms with Crippen molar-refractivity contribution in [2.24, 2.45) is 5.10 Å². The molecule has 0 fully saturated rings. The van der Waals surface area contributed by atoms with Crippen LogP contribution in [0.15, 0.2) is 57.2 Å². The summed E-state index contributed by atoms with van der Waals surface area (Å²) in [7, 11) is 0. The van der Waals surface area contributed by atoms with Gasteiger partial charge in [0, 0.05) is 0 Å². The SMILES string of the molecule is Cc1ccc(-n2c(O)c(C=NNC(=O)c3ccccc3Cl)c(=O)[nH]c2=O)c(C)c1. The van der Waals surface area contributed by atoms with Crippen molar-refractivity contribution >= 4 is 23.7 Å². The molecular formula is C20H17ClN4O4. The van der Waals surface area contributed by atoms with E-state index in [4.69, 9.17) is 11.6 Å². The number of nitrogens with zero attached hydrogens (tertiary/aromatic N) is 2. The molecule has 1 amide bonds. The highest BCUT2D eigenvalue weighted by Crippen LogP contribution is 2.20. The zero-order valence-electron chi connectivity index (χ0n) is 15.6. The predicted octanol–water partition coefficient (Wildman–Crippen LogP) is 2.27. The number of hydrazone groups is 1. The average Bonchev–Trinajstić information content (AvgIpc) is 2.66. The summed E-state index contributed by atoms with van der Waals surface area (Å²) in [6, 6.07) is 11.6. The molecule has 3 aromatic rings. The number of nitrogens with one attached hydrogen (secondary N) is 2. The molecule has 0 saturated heterocycles. The van der Waals surface area contributed by atoms with E-state index in [-0.39, 0.29) is 16.1 Å². The first-order valence-corrected chi connectivity index (χ1v) is 8.91. The van der Waals surface area contributed by atoms with Gasteiger partial charge in [-0.1, -0.05) is 41.4 Å². The fourth-order valence-electron chi connectivity index (χ4n) is 2.80. The van der Waals surface area contributed by atoms with E-state index in [2.05, 4.69) is 15.5 Å². The molecule has 3 rings (SSSR count). The highest BCUT2D eigenvalue weighted by Gasteiger charge is 2.16. The number of carbonyl (C=O) groups excluding carboxylic acids is 1. The third kappa shape index (κ3) is 4.12. The molecule has 3 N–H and O–H groups in total. The molecule has 0 spiro atoms. The van der Waals surface area contributed by atoms with Crippen LogP contribution in [0.5, 0.6) is 5.88 Å². The molecule has 0 bridgehead atoms. The number of aryl methyl sites for hydroxylation is 2. The van der Waals surface area contributed by atoms with Crippen molar-refractivity contribution < 1.29 is 9.90 Å².